The molecule has 0 bridgehead atoms. The first-order valence-corrected chi connectivity index (χ1v) is 7.36. The summed E-state index contributed by atoms with van der Waals surface area (Å²) in [4.78, 5) is 0.159. The van der Waals surface area contributed by atoms with Crippen LogP contribution in [0.15, 0.2) is 62.3 Å². The standard InChI is InChI=1S/C13H10BrNO2S/c1-15-18(16,17)13-8-7-11(14)9-12(13)10-5-3-2-4-6-10/h2-9H,1H2. The van der Waals surface area contributed by atoms with E-state index in [1.54, 1.807) is 12.1 Å². The van der Waals surface area contributed by atoms with E-state index in [0.717, 1.165) is 10.0 Å². The molecule has 0 amide bonds. The summed E-state index contributed by atoms with van der Waals surface area (Å²) >= 11 is 3.34. The zero-order valence-corrected chi connectivity index (χ0v) is 11.8. The number of nitrogens with zero attached hydrogens (tertiary/aromatic N) is 1. The third-order valence-corrected chi connectivity index (χ3v) is 4.22. The summed E-state index contributed by atoms with van der Waals surface area (Å²) in [5.74, 6) is 0. The van der Waals surface area contributed by atoms with Crippen molar-refractivity contribution < 1.29 is 8.42 Å². The normalized spacial score (nSPS) is 11.2. The molecule has 0 radical (unpaired) electrons. The van der Waals surface area contributed by atoms with E-state index in [1.165, 1.54) is 6.07 Å². The number of halogens is 1. The van der Waals surface area contributed by atoms with Crippen molar-refractivity contribution in [1.82, 2.24) is 0 Å². The molecule has 0 spiro atoms. The second-order valence-corrected chi connectivity index (χ2v) is 6.17. The van der Waals surface area contributed by atoms with Crippen LogP contribution < -0.4 is 0 Å². The van der Waals surface area contributed by atoms with Gasteiger partial charge in [-0.25, -0.2) is 0 Å². The van der Waals surface area contributed by atoms with Crippen LogP contribution >= 0.6 is 15.9 Å². The van der Waals surface area contributed by atoms with Gasteiger partial charge in [0.05, 0.1) is 4.90 Å². The van der Waals surface area contributed by atoms with Gasteiger partial charge in [-0.1, -0.05) is 46.3 Å². The fourth-order valence-electron chi connectivity index (χ4n) is 1.64. The van der Waals surface area contributed by atoms with Crippen molar-refractivity contribution in [2.75, 3.05) is 0 Å². The first-order valence-electron chi connectivity index (χ1n) is 5.12. The second-order valence-electron chi connectivity index (χ2n) is 3.61. The molecule has 0 aliphatic heterocycles. The van der Waals surface area contributed by atoms with E-state index in [9.17, 15) is 8.42 Å². The molecule has 5 heteroatoms. The fourth-order valence-corrected chi connectivity index (χ4v) is 2.83. The lowest BCUT2D eigenvalue weighted by atomic mass is 10.1. The van der Waals surface area contributed by atoms with Gasteiger partial charge in [-0.15, -0.1) is 0 Å². The first kappa shape index (κ1) is 13.0. The maximum atomic E-state index is 11.9. The van der Waals surface area contributed by atoms with E-state index in [0.29, 0.717) is 5.56 Å². The van der Waals surface area contributed by atoms with Crippen LogP contribution in [0.4, 0.5) is 0 Å². The maximum Gasteiger partial charge on any atom is 0.282 e. The van der Waals surface area contributed by atoms with Crippen LogP contribution in [0.1, 0.15) is 0 Å². The predicted octanol–water partition coefficient (Wildman–Crippen LogP) is 3.51. The Hall–Kier alpha value is -1.46. The molecule has 0 saturated carbocycles. The van der Waals surface area contributed by atoms with Gasteiger partial charge in [-0.2, -0.15) is 12.8 Å². The molecule has 2 aromatic rings. The highest BCUT2D eigenvalue weighted by Crippen LogP contribution is 2.30. The van der Waals surface area contributed by atoms with Crippen LogP contribution in [-0.4, -0.2) is 15.1 Å². The zero-order valence-electron chi connectivity index (χ0n) is 9.38. The molecule has 2 rings (SSSR count). The number of sulfonamides is 1. The average molecular weight is 324 g/mol. The van der Waals surface area contributed by atoms with Gasteiger partial charge in [0, 0.05) is 16.8 Å². The minimum atomic E-state index is -3.70. The minimum absolute atomic E-state index is 0.159. The van der Waals surface area contributed by atoms with Gasteiger partial charge in [0.25, 0.3) is 10.0 Å². The molecule has 0 aliphatic carbocycles. The minimum Gasteiger partial charge on any atom is -0.199 e. The molecule has 0 heterocycles. The highest BCUT2D eigenvalue weighted by atomic mass is 79.9. The molecule has 0 atom stereocenters. The van der Waals surface area contributed by atoms with E-state index >= 15 is 0 Å². The van der Waals surface area contributed by atoms with Crippen molar-refractivity contribution >= 4 is 32.7 Å². The summed E-state index contributed by atoms with van der Waals surface area (Å²) in [6.07, 6.45) is 0. The topological polar surface area (TPSA) is 46.5 Å². The lowest BCUT2D eigenvalue weighted by molar-refractivity contribution is 0.598. The monoisotopic (exact) mass is 323 g/mol. The van der Waals surface area contributed by atoms with Gasteiger partial charge in [-0.3, -0.25) is 0 Å². The number of benzene rings is 2. The molecule has 0 N–H and O–H groups in total. The molecular weight excluding hydrogens is 314 g/mol. The Kier molecular flexibility index (Phi) is 3.63. The van der Waals surface area contributed by atoms with E-state index in [-0.39, 0.29) is 4.90 Å². The van der Waals surface area contributed by atoms with Crippen molar-refractivity contribution in [3.8, 4) is 11.1 Å². The lowest BCUT2D eigenvalue weighted by Gasteiger charge is -2.08. The Balaban J connectivity index is 2.74. The lowest BCUT2D eigenvalue weighted by Crippen LogP contribution is -1.99. The number of hydrogen-bond acceptors (Lipinski definition) is 2. The molecule has 2 aromatic carbocycles. The van der Waals surface area contributed by atoms with Gasteiger partial charge >= 0.3 is 0 Å². The van der Waals surface area contributed by atoms with E-state index < -0.39 is 10.0 Å². The Morgan fingerprint density at radius 2 is 1.72 bits per heavy atom. The molecule has 0 saturated heterocycles. The van der Waals surface area contributed by atoms with Gasteiger partial charge in [0.15, 0.2) is 0 Å². The van der Waals surface area contributed by atoms with E-state index in [2.05, 4.69) is 27.0 Å². The van der Waals surface area contributed by atoms with Gasteiger partial charge < -0.3 is 0 Å². The summed E-state index contributed by atoms with van der Waals surface area (Å²) in [5, 5.41) is 0. The van der Waals surface area contributed by atoms with Crippen LogP contribution in [0.2, 0.25) is 0 Å². The largest absolute Gasteiger partial charge is 0.282 e. The molecule has 0 unspecified atom stereocenters. The number of rotatable bonds is 3. The maximum absolute atomic E-state index is 11.9. The Morgan fingerprint density at radius 1 is 1.06 bits per heavy atom. The summed E-state index contributed by atoms with van der Waals surface area (Å²) in [7, 11) is -3.70. The van der Waals surface area contributed by atoms with Crippen LogP contribution in [0.5, 0.6) is 0 Å². The first-order chi connectivity index (χ1) is 8.54. The Bertz CT molecular complexity index is 681. The third-order valence-electron chi connectivity index (χ3n) is 2.47. The van der Waals surface area contributed by atoms with Crippen LogP contribution in [-0.2, 0) is 10.0 Å². The summed E-state index contributed by atoms with van der Waals surface area (Å²) in [5.41, 5.74) is 1.43. The quantitative estimate of drug-likeness (QED) is 0.811. The smallest absolute Gasteiger partial charge is 0.199 e. The summed E-state index contributed by atoms with van der Waals surface area (Å²) < 4.78 is 27.7. The molecular formula is C13H10BrNO2S. The Morgan fingerprint density at radius 3 is 2.33 bits per heavy atom. The average Bonchev–Trinajstić information content (AvgIpc) is 2.39. The third kappa shape index (κ3) is 2.52. The SMILES string of the molecule is C=NS(=O)(=O)c1ccc(Br)cc1-c1ccccc1. The molecule has 92 valence electrons. The molecule has 18 heavy (non-hydrogen) atoms. The molecule has 0 aliphatic rings. The molecule has 0 fully saturated rings. The van der Waals surface area contributed by atoms with Gasteiger partial charge in [0.2, 0.25) is 0 Å². The zero-order chi connectivity index (χ0) is 13.2. The predicted molar refractivity (Wildman–Crippen MR) is 76.3 cm³/mol. The van der Waals surface area contributed by atoms with Crippen LogP contribution in [0.3, 0.4) is 0 Å². The van der Waals surface area contributed by atoms with Crippen LogP contribution in [0, 0.1) is 0 Å². The number of hydrogen-bond donors (Lipinski definition) is 0. The van der Waals surface area contributed by atoms with Crippen molar-refractivity contribution in [3.05, 3.63) is 53.0 Å². The van der Waals surface area contributed by atoms with Crippen molar-refractivity contribution in [1.29, 1.82) is 0 Å². The second kappa shape index (κ2) is 5.04. The van der Waals surface area contributed by atoms with Gasteiger partial charge in [-0.05, 0) is 23.8 Å². The van der Waals surface area contributed by atoms with Crippen molar-refractivity contribution in [3.63, 3.8) is 0 Å². The summed E-state index contributed by atoms with van der Waals surface area (Å²) in [6.45, 7) is 3.12. The van der Waals surface area contributed by atoms with Crippen molar-refractivity contribution in [2.24, 2.45) is 4.40 Å². The van der Waals surface area contributed by atoms with E-state index in [1.807, 2.05) is 30.3 Å². The molecule has 0 aromatic heterocycles. The highest BCUT2D eigenvalue weighted by molar-refractivity contribution is 9.10. The van der Waals surface area contributed by atoms with Gasteiger partial charge in [0.1, 0.15) is 0 Å². The van der Waals surface area contributed by atoms with Crippen molar-refractivity contribution in [2.45, 2.75) is 4.90 Å². The van der Waals surface area contributed by atoms with Crippen LogP contribution in [0.25, 0.3) is 11.1 Å². The van der Waals surface area contributed by atoms with E-state index in [4.69, 9.17) is 0 Å². The molecule has 3 nitrogen and oxygen atoms in total. The highest BCUT2D eigenvalue weighted by Gasteiger charge is 2.17. The Labute approximate surface area is 114 Å². The fraction of sp³-hybridized carbons (Fsp3) is 0. The summed E-state index contributed by atoms with van der Waals surface area (Å²) in [6, 6.07) is 14.2.